The Balaban J connectivity index is 1.70. The van der Waals surface area contributed by atoms with Crippen molar-refractivity contribution in [3.05, 3.63) is 63.8 Å². The first-order valence-electron chi connectivity index (χ1n) is 8.22. The van der Waals surface area contributed by atoms with Gasteiger partial charge in [0.15, 0.2) is 0 Å². The van der Waals surface area contributed by atoms with Crippen LogP contribution in [-0.2, 0) is 10.0 Å². The largest absolute Gasteiger partial charge is 0.372 e. The third-order valence-electron chi connectivity index (χ3n) is 4.02. The van der Waals surface area contributed by atoms with Crippen LogP contribution in [0.3, 0.4) is 0 Å². The van der Waals surface area contributed by atoms with Gasteiger partial charge in [0.05, 0.1) is 11.1 Å². The van der Waals surface area contributed by atoms with Gasteiger partial charge in [0.2, 0.25) is 21.5 Å². The summed E-state index contributed by atoms with van der Waals surface area (Å²) in [5.41, 5.74) is 1.93. The van der Waals surface area contributed by atoms with Crippen molar-refractivity contribution in [1.82, 2.24) is 14.1 Å². The van der Waals surface area contributed by atoms with Crippen LogP contribution >= 0.6 is 0 Å². The highest BCUT2D eigenvalue weighted by atomic mass is 32.2. The number of nitro groups is 1. The Morgan fingerprint density at radius 1 is 1.19 bits per heavy atom. The summed E-state index contributed by atoms with van der Waals surface area (Å²) in [6.45, 7) is 3.75. The minimum Gasteiger partial charge on any atom is -0.362 e. The number of aromatic nitrogens is 2. The molecule has 0 saturated heterocycles. The molecule has 0 aliphatic heterocycles. The van der Waals surface area contributed by atoms with Gasteiger partial charge in [-0.1, -0.05) is 18.2 Å². The second kappa shape index (κ2) is 7.33. The lowest BCUT2D eigenvalue weighted by Crippen LogP contribution is -2.29. The van der Waals surface area contributed by atoms with Gasteiger partial charge in [-0.2, -0.15) is 9.38 Å². The van der Waals surface area contributed by atoms with Gasteiger partial charge in [-0.25, -0.2) is 13.1 Å². The lowest BCUT2D eigenvalue weighted by Gasteiger charge is -2.10. The highest BCUT2D eigenvalue weighted by Gasteiger charge is 2.22. The topological polar surface area (TPSA) is 119 Å². The molecule has 27 heavy (non-hydrogen) atoms. The normalized spacial score (nSPS) is 11.6. The zero-order chi connectivity index (χ0) is 19.6. The Morgan fingerprint density at radius 2 is 1.96 bits per heavy atom. The van der Waals surface area contributed by atoms with Crippen molar-refractivity contribution >= 4 is 27.3 Å². The minimum atomic E-state index is -3.67. The Kier molecular flexibility index (Phi) is 5.10. The van der Waals surface area contributed by atoms with Gasteiger partial charge < -0.3 is 15.4 Å². The predicted octanol–water partition coefficient (Wildman–Crippen LogP) is 2.25. The number of nitrogens with one attached hydrogen (secondary N) is 2. The van der Waals surface area contributed by atoms with E-state index >= 15 is 0 Å². The third kappa shape index (κ3) is 3.91. The summed E-state index contributed by atoms with van der Waals surface area (Å²) in [5.74, 6) is -0.0971. The van der Waals surface area contributed by atoms with Crippen LogP contribution in [-0.4, -0.2) is 35.8 Å². The number of imidazole rings is 1. The number of sulfonamides is 1. The maximum atomic E-state index is 12.5. The lowest BCUT2D eigenvalue weighted by atomic mass is 10.2. The van der Waals surface area contributed by atoms with E-state index in [1.807, 2.05) is 13.0 Å². The average Bonchev–Trinajstić information content (AvgIpc) is 2.99. The molecule has 0 unspecified atom stereocenters. The molecule has 0 aliphatic rings. The third-order valence-corrected chi connectivity index (χ3v) is 5.62. The van der Waals surface area contributed by atoms with Gasteiger partial charge in [0, 0.05) is 19.2 Å². The fourth-order valence-electron chi connectivity index (χ4n) is 2.72. The van der Waals surface area contributed by atoms with E-state index in [1.165, 1.54) is 4.40 Å². The summed E-state index contributed by atoms with van der Waals surface area (Å²) < 4.78 is 28.8. The number of anilines is 1. The molecule has 0 spiro atoms. The number of hydrogen-bond donors (Lipinski definition) is 2. The molecule has 3 rings (SSSR count). The van der Waals surface area contributed by atoms with Crippen LogP contribution in [0.1, 0.15) is 11.1 Å². The van der Waals surface area contributed by atoms with Gasteiger partial charge >= 0.3 is 5.82 Å². The molecule has 10 heteroatoms. The fraction of sp³-hybridized carbons (Fsp3) is 0.235. The predicted molar refractivity (Wildman–Crippen MR) is 101 cm³/mol. The van der Waals surface area contributed by atoms with Crippen LogP contribution in [0.4, 0.5) is 11.6 Å². The van der Waals surface area contributed by atoms with Crippen molar-refractivity contribution in [2.75, 3.05) is 18.4 Å². The minimum absolute atomic E-state index is 0.0563. The summed E-state index contributed by atoms with van der Waals surface area (Å²) in [6, 6.07) is 10.3. The van der Waals surface area contributed by atoms with Crippen LogP contribution in [0.2, 0.25) is 0 Å². The van der Waals surface area contributed by atoms with Crippen LogP contribution < -0.4 is 10.0 Å². The summed E-state index contributed by atoms with van der Waals surface area (Å²) in [7, 11) is -3.67. The molecule has 0 amide bonds. The number of nitrogens with zero attached hydrogens (tertiary/aromatic N) is 3. The summed E-state index contributed by atoms with van der Waals surface area (Å²) >= 11 is 0. The molecule has 3 aromatic rings. The van der Waals surface area contributed by atoms with Gasteiger partial charge in [-0.15, -0.1) is 0 Å². The van der Waals surface area contributed by atoms with Crippen molar-refractivity contribution in [3.8, 4) is 0 Å². The van der Waals surface area contributed by atoms with E-state index in [4.69, 9.17) is 0 Å². The molecule has 0 atom stereocenters. The maximum Gasteiger partial charge on any atom is 0.372 e. The second-order valence-corrected chi connectivity index (χ2v) is 7.80. The molecule has 2 heterocycles. The Labute approximate surface area is 156 Å². The van der Waals surface area contributed by atoms with Crippen molar-refractivity contribution < 1.29 is 13.3 Å². The van der Waals surface area contributed by atoms with Crippen LogP contribution in [0.25, 0.3) is 5.65 Å². The molecule has 1 aromatic carbocycles. The number of fused-ring (bicyclic) bond motifs is 1. The van der Waals surface area contributed by atoms with Gasteiger partial charge in [0.1, 0.15) is 0 Å². The maximum absolute atomic E-state index is 12.5. The fourth-order valence-corrected chi connectivity index (χ4v) is 4.08. The first-order chi connectivity index (χ1) is 12.8. The van der Waals surface area contributed by atoms with Crippen LogP contribution in [0, 0.1) is 24.0 Å². The first kappa shape index (κ1) is 18.8. The van der Waals surface area contributed by atoms with Crippen molar-refractivity contribution in [3.63, 3.8) is 0 Å². The average molecular weight is 389 g/mol. The molecule has 142 valence electrons. The standard InChI is InChI=1S/C17H19N5O4S/c1-12-6-7-13(2)14(11-12)27(25,26)19-9-8-18-16-17(22(23)24)21-10-4-3-5-15(21)20-16/h3-7,10-11,18-19H,8-9H2,1-2H3. The smallest absolute Gasteiger partial charge is 0.362 e. The number of hydrogen-bond acceptors (Lipinski definition) is 6. The number of aryl methyl sites for hydroxylation is 2. The molecule has 0 bridgehead atoms. The van der Waals surface area contributed by atoms with E-state index in [0.717, 1.165) is 5.56 Å². The zero-order valence-electron chi connectivity index (χ0n) is 14.8. The lowest BCUT2D eigenvalue weighted by molar-refractivity contribution is -0.389. The summed E-state index contributed by atoms with van der Waals surface area (Å²) in [6.07, 6.45) is 1.55. The Morgan fingerprint density at radius 3 is 2.70 bits per heavy atom. The van der Waals surface area contributed by atoms with Crippen LogP contribution in [0.5, 0.6) is 0 Å². The monoisotopic (exact) mass is 389 g/mol. The van der Waals surface area contributed by atoms with Crippen molar-refractivity contribution in [2.45, 2.75) is 18.7 Å². The van der Waals surface area contributed by atoms with Crippen molar-refractivity contribution in [1.29, 1.82) is 0 Å². The number of benzene rings is 1. The molecule has 0 saturated carbocycles. The molecule has 0 fully saturated rings. The molecule has 2 N–H and O–H groups in total. The van der Waals surface area contributed by atoms with E-state index in [-0.39, 0.29) is 29.6 Å². The van der Waals surface area contributed by atoms with Gasteiger partial charge in [0.25, 0.3) is 0 Å². The Hall–Kier alpha value is -2.98. The molecule has 9 nitrogen and oxygen atoms in total. The first-order valence-corrected chi connectivity index (χ1v) is 9.70. The molecular weight excluding hydrogens is 370 g/mol. The van der Waals surface area contributed by atoms with E-state index in [1.54, 1.807) is 43.5 Å². The summed E-state index contributed by atoms with van der Waals surface area (Å²) in [5, 5.41) is 14.2. The highest BCUT2D eigenvalue weighted by Crippen LogP contribution is 2.24. The van der Waals surface area contributed by atoms with Crippen molar-refractivity contribution in [2.24, 2.45) is 0 Å². The van der Waals surface area contributed by atoms with Gasteiger partial charge in [-0.3, -0.25) is 0 Å². The SMILES string of the molecule is Cc1ccc(C)c(S(=O)(=O)NCCNc2nc3ccccn3c2[N+](=O)[O-])c1. The Bertz CT molecular complexity index is 1110. The molecule has 0 radical (unpaired) electrons. The van der Waals surface area contributed by atoms with Crippen LogP contribution in [0.15, 0.2) is 47.5 Å². The number of rotatable bonds is 7. The van der Waals surface area contributed by atoms with E-state index < -0.39 is 14.9 Å². The van der Waals surface area contributed by atoms with Gasteiger partial charge in [-0.05, 0) is 42.0 Å². The summed E-state index contributed by atoms with van der Waals surface area (Å²) in [4.78, 5) is 15.2. The quantitative estimate of drug-likeness (QED) is 0.363. The molecule has 2 aromatic heterocycles. The van der Waals surface area contributed by atoms with E-state index in [0.29, 0.717) is 11.2 Å². The molecule has 0 aliphatic carbocycles. The zero-order valence-corrected chi connectivity index (χ0v) is 15.7. The van der Waals surface area contributed by atoms with E-state index in [2.05, 4.69) is 15.0 Å². The second-order valence-electron chi connectivity index (χ2n) is 6.06. The van der Waals surface area contributed by atoms with E-state index in [9.17, 15) is 18.5 Å². The highest BCUT2D eigenvalue weighted by molar-refractivity contribution is 7.89. The number of pyridine rings is 1. The molecular formula is C17H19N5O4S.